The molecule has 0 bridgehead atoms. The summed E-state index contributed by atoms with van der Waals surface area (Å²) < 4.78 is 15.6. The van der Waals surface area contributed by atoms with E-state index in [0.29, 0.717) is 19.8 Å². The summed E-state index contributed by atoms with van der Waals surface area (Å²) in [6.45, 7) is 6.86. The lowest BCUT2D eigenvalue weighted by molar-refractivity contribution is -0.138. The van der Waals surface area contributed by atoms with Crippen LogP contribution < -0.4 is 0 Å². The molecule has 0 saturated carbocycles. The normalized spacial score (nSPS) is 20.9. The Labute approximate surface area is 83.8 Å². The van der Waals surface area contributed by atoms with Crippen LogP contribution in [0.5, 0.6) is 0 Å². The van der Waals surface area contributed by atoms with Crippen LogP contribution in [0.3, 0.4) is 0 Å². The number of carbonyl (C=O) groups is 1. The number of hydrogen-bond donors (Lipinski definition) is 0. The topological polar surface area (TPSA) is 44.8 Å². The highest BCUT2D eigenvalue weighted by atomic mass is 16.7. The average Bonchev–Trinajstić information content (AvgIpc) is 2.54. The Kier molecular flexibility index (Phi) is 3.66. The summed E-state index contributed by atoms with van der Waals surface area (Å²) >= 11 is 0. The molecule has 80 valence electrons. The van der Waals surface area contributed by atoms with E-state index in [2.05, 4.69) is 0 Å². The van der Waals surface area contributed by atoms with E-state index in [4.69, 9.17) is 14.2 Å². The van der Waals surface area contributed by atoms with Gasteiger partial charge in [0, 0.05) is 6.08 Å². The summed E-state index contributed by atoms with van der Waals surface area (Å²) in [4.78, 5) is 11.1. The van der Waals surface area contributed by atoms with Crippen LogP contribution in [0.4, 0.5) is 0 Å². The first-order valence-corrected chi connectivity index (χ1v) is 4.72. The molecular weight excluding hydrogens is 184 g/mol. The second kappa shape index (κ2) is 4.57. The quantitative estimate of drug-likeness (QED) is 0.508. The van der Waals surface area contributed by atoms with E-state index < -0.39 is 5.79 Å². The van der Waals surface area contributed by atoms with Gasteiger partial charge in [0.1, 0.15) is 0 Å². The average molecular weight is 200 g/mol. The molecule has 4 nitrogen and oxygen atoms in total. The van der Waals surface area contributed by atoms with Gasteiger partial charge in [-0.1, -0.05) is 0 Å². The second-order valence-electron chi connectivity index (χ2n) is 3.22. The monoisotopic (exact) mass is 200 g/mol. The third-order valence-electron chi connectivity index (χ3n) is 2.18. The van der Waals surface area contributed by atoms with Crippen molar-refractivity contribution in [1.29, 1.82) is 0 Å². The van der Waals surface area contributed by atoms with Crippen LogP contribution in [0.2, 0.25) is 0 Å². The molecule has 0 N–H and O–H groups in total. The smallest absolute Gasteiger partial charge is 0.330 e. The van der Waals surface area contributed by atoms with Crippen LogP contribution in [0.1, 0.15) is 20.8 Å². The molecule has 0 aromatic carbocycles. The minimum Gasteiger partial charge on any atom is -0.463 e. The van der Waals surface area contributed by atoms with E-state index in [1.165, 1.54) is 6.08 Å². The Bertz CT molecular complexity index is 239. The predicted molar refractivity (Wildman–Crippen MR) is 50.7 cm³/mol. The third-order valence-corrected chi connectivity index (χ3v) is 2.18. The Morgan fingerprint density at radius 2 is 2.07 bits per heavy atom. The summed E-state index contributed by atoms with van der Waals surface area (Å²) in [6, 6.07) is 0. The van der Waals surface area contributed by atoms with Gasteiger partial charge in [-0.25, -0.2) is 4.79 Å². The van der Waals surface area contributed by atoms with Crippen molar-refractivity contribution in [3.05, 3.63) is 11.6 Å². The molecule has 1 fully saturated rings. The van der Waals surface area contributed by atoms with Gasteiger partial charge in [-0.15, -0.1) is 0 Å². The highest BCUT2D eigenvalue weighted by molar-refractivity contribution is 5.82. The molecule has 0 amide bonds. The van der Waals surface area contributed by atoms with Crippen LogP contribution >= 0.6 is 0 Å². The Morgan fingerprint density at radius 3 is 2.57 bits per heavy atom. The molecule has 4 heteroatoms. The fourth-order valence-corrected chi connectivity index (χ4v) is 1.23. The molecule has 1 rings (SSSR count). The van der Waals surface area contributed by atoms with Gasteiger partial charge in [0.2, 0.25) is 0 Å². The summed E-state index contributed by atoms with van der Waals surface area (Å²) in [7, 11) is 0. The first-order chi connectivity index (χ1) is 6.58. The van der Waals surface area contributed by atoms with Crippen molar-refractivity contribution >= 4 is 5.97 Å². The second-order valence-corrected chi connectivity index (χ2v) is 3.22. The lowest BCUT2D eigenvalue weighted by Crippen LogP contribution is -2.27. The molecule has 1 saturated heterocycles. The van der Waals surface area contributed by atoms with E-state index in [9.17, 15) is 4.79 Å². The standard InChI is InChI=1S/C10H16O4/c1-4-12-9(11)7-8(2)10(3)13-5-6-14-10/h7H,4-6H2,1-3H3/b8-7+. The zero-order valence-corrected chi connectivity index (χ0v) is 8.83. The van der Waals surface area contributed by atoms with Crippen molar-refractivity contribution in [3.8, 4) is 0 Å². The van der Waals surface area contributed by atoms with E-state index in [-0.39, 0.29) is 5.97 Å². The van der Waals surface area contributed by atoms with E-state index in [1.54, 1.807) is 20.8 Å². The van der Waals surface area contributed by atoms with Gasteiger partial charge in [-0.05, 0) is 26.3 Å². The molecule has 0 atom stereocenters. The largest absolute Gasteiger partial charge is 0.463 e. The van der Waals surface area contributed by atoms with Crippen molar-refractivity contribution in [1.82, 2.24) is 0 Å². The molecule has 0 spiro atoms. The van der Waals surface area contributed by atoms with Crippen LogP contribution in [-0.4, -0.2) is 31.6 Å². The predicted octanol–water partition coefficient (Wildman–Crippen LogP) is 1.26. The first kappa shape index (κ1) is 11.2. The van der Waals surface area contributed by atoms with E-state index >= 15 is 0 Å². The van der Waals surface area contributed by atoms with Gasteiger partial charge in [0.15, 0.2) is 5.79 Å². The van der Waals surface area contributed by atoms with Gasteiger partial charge in [-0.2, -0.15) is 0 Å². The SMILES string of the molecule is CCOC(=O)/C=C(\C)C1(C)OCCO1. The minimum absolute atomic E-state index is 0.356. The Balaban J connectivity index is 2.62. The molecule has 1 heterocycles. The Hall–Kier alpha value is -0.870. The maximum absolute atomic E-state index is 11.1. The van der Waals surface area contributed by atoms with Crippen LogP contribution in [0.15, 0.2) is 11.6 Å². The molecule has 1 aliphatic rings. The van der Waals surface area contributed by atoms with Gasteiger partial charge in [0.25, 0.3) is 0 Å². The molecule has 1 aliphatic heterocycles. The highest BCUT2D eigenvalue weighted by Crippen LogP contribution is 2.26. The molecule has 0 aromatic rings. The van der Waals surface area contributed by atoms with Gasteiger partial charge >= 0.3 is 5.97 Å². The minimum atomic E-state index is -0.757. The van der Waals surface area contributed by atoms with Crippen LogP contribution in [-0.2, 0) is 19.0 Å². The van der Waals surface area contributed by atoms with Crippen molar-refractivity contribution in [3.63, 3.8) is 0 Å². The number of carbonyl (C=O) groups excluding carboxylic acids is 1. The molecule has 0 aliphatic carbocycles. The molecule has 0 unspecified atom stereocenters. The zero-order chi connectivity index (χ0) is 10.6. The lowest BCUT2D eigenvalue weighted by Gasteiger charge is -2.22. The Morgan fingerprint density at radius 1 is 1.50 bits per heavy atom. The molecule has 14 heavy (non-hydrogen) atoms. The van der Waals surface area contributed by atoms with Crippen molar-refractivity contribution in [2.24, 2.45) is 0 Å². The number of esters is 1. The highest BCUT2D eigenvalue weighted by Gasteiger charge is 2.33. The number of ether oxygens (including phenoxy) is 3. The summed E-state index contributed by atoms with van der Waals surface area (Å²) in [5, 5.41) is 0. The van der Waals surface area contributed by atoms with Gasteiger partial charge in [-0.3, -0.25) is 0 Å². The maximum atomic E-state index is 11.1. The summed E-state index contributed by atoms with van der Waals surface area (Å²) in [5.41, 5.74) is 0.730. The lowest BCUT2D eigenvalue weighted by atomic mass is 10.1. The van der Waals surface area contributed by atoms with E-state index in [1.807, 2.05) is 0 Å². The van der Waals surface area contributed by atoms with Crippen molar-refractivity contribution in [2.45, 2.75) is 26.6 Å². The zero-order valence-electron chi connectivity index (χ0n) is 8.83. The number of hydrogen-bond acceptors (Lipinski definition) is 4. The fraction of sp³-hybridized carbons (Fsp3) is 0.700. The van der Waals surface area contributed by atoms with Crippen LogP contribution in [0.25, 0.3) is 0 Å². The number of rotatable bonds is 3. The molecule has 0 aromatic heterocycles. The molecular formula is C10H16O4. The summed E-state index contributed by atoms with van der Waals surface area (Å²) in [6.07, 6.45) is 1.41. The third kappa shape index (κ3) is 2.56. The first-order valence-electron chi connectivity index (χ1n) is 4.72. The van der Waals surface area contributed by atoms with Crippen molar-refractivity contribution < 1.29 is 19.0 Å². The molecule has 0 radical (unpaired) electrons. The van der Waals surface area contributed by atoms with Crippen molar-refractivity contribution in [2.75, 3.05) is 19.8 Å². The summed E-state index contributed by atoms with van der Waals surface area (Å²) in [5.74, 6) is -1.11. The van der Waals surface area contributed by atoms with Gasteiger partial charge < -0.3 is 14.2 Å². The fourth-order valence-electron chi connectivity index (χ4n) is 1.23. The van der Waals surface area contributed by atoms with Gasteiger partial charge in [0.05, 0.1) is 19.8 Å². The van der Waals surface area contributed by atoms with Crippen LogP contribution in [0, 0.1) is 0 Å². The van der Waals surface area contributed by atoms with E-state index in [0.717, 1.165) is 5.57 Å². The maximum Gasteiger partial charge on any atom is 0.330 e.